The lowest BCUT2D eigenvalue weighted by Crippen LogP contribution is -2.45. The fourth-order valence-electron chi connectivity index (χ4n) is 1.71. The van der Waals surface area contributed by atoms with Crippen LogP contribution in [0.4, 0.5) is 0 Å². The molecule has 0 aliphatic heterocycles. The number of amides is 1. The second kappa shape index (κ2) is 6.90. The predicted molar refractivity (Wildman–Crippen MR) is 78.4 cm³/mol. The number of carbonyl (C=O) groups is 1. The Balaban J connectivity index is 2.56. The van der Waals surface area contributed by atoms with Crippen molar-refractivity contribution in [1.82, 2.24) is 10.6 Å². The fraction of sp³-hybridized carbons (Fsp3) is 0.500. The van der Waals surface area contributed by atoms with Crippen LogP contribution in [0.5, 0.6) is 0 Å². The summed E-state index contributed by atoms with van der Waals surface area (Å²) in [6, 6.07) is 8.23. The van der Waals surface area contributed by atoms with E-state index in [4.69, 9.17) is 0 Å². The molecule has 2 N–H and O–H groups in total. The van der Waals surface area contributed by atoms with Crippen LogP contribution in [-0.2, 0) is 4.79 Å². The molecule has 0 aromatic heterocycles. The van der Waals surface area contributed by atoms with Gasteiger partial charge in [0.25, 0.3) is 0 Å². The number of rotatable bonds is 5. The van der Waals surface area contributed by atoms with Crippen LogP contribution in [0.25, 0.3) is 0 Å². The van der Waals surface area contributed by atoms with Crippen molar-refractivity contribution in [2.24, 2.45) is 0 Å². The van der Waals surface area contributed by atoms with Crippen LogP contribution in [0.3, 0.4) is 0 Å². The number of halogens is 1. The van der Waals surface area contributed by atoms with Gasteiger partial charge in [-0.25, -0.2) is 0 Å². The molecule has 0 aliphatic rings. The first-order valence-corrected chi connectivity index (χ1v) is 7.01. The zero-order chi connectivity index (χ0) is 13.7. The quantitative estimate of drug-likeness (QED) is 0.877. The Bertz CT molecular complexity index is 389. The summed E-state index contributed by atoms with van der Waals surface area (Å²) in [7, 11) is 0. The molecular weight excluding hydrogens is 292 g/mol. The molecule has 1 unspecified atom stereocenters. The molecule has 0 fully saturated rings. The number of benzene rings is 1. The van der Waals surface area contributed by atoms with E-state index in [2.05, 4.69) is 45.6 Å². The average molecular weight is 313 g/mol. The Hall–Kier alpha value is -0.870. The van der Waals surface area contributed by atoms with E-state index in [0.717, 1.165) is 4.47 Å². The first-order chi connectivity index (χ1) is 8.40. The zero-order valence-electron chi connectivity index (χ0n) is 11.3. The third kappa shape index (κ3) is 4.78. The minimum Gasteiger partial charge on any atom is -0.353 e. The minimum atomic E-state index is -0.203. The molecular formula is C14H21BrN2O. The van der Waals surface area contributed by atoms with Gasteiger partial charge in [0.05, 0.1) is 6.04 Å². The van der Waals surface area contributed by atoms with Crippen molar-refractivity contribution in [3.63, 3.8) is 0 Å². The van der Waals surface area contributed by atoms with Gasteiger partial charge in [-0.05, 0) is 45.4 Å². The molecule has 1 rings (SSSR count). The summed E-state index contributed by atoms with van der Waals surface area (Å²) in [4.78, 5) is 11.8. The van der Waals surface area contributed by atoms with E-state index in [9.17, 15) is 4.79 Å². The summed E-state index contributed by atoms with van der Waals surface area (Å²) < 4.78 is 1.06. The van der Waals surface area contributed by atoms with Gasteiger partial charge in [0.1, 0.15) is 0 Å². The maximum atomic E-state index is 11.8. The average Bonchev–Trinajstić information content (AvgIpc) is 2.28. The normalized spacial score (nSPS) is 14.3. The topological polar surface area (TPSA) is 41.1 Å². The van der Waals surface area contributed by atoms with Gasteiger partial charge in [-0.2, -0.15) is 0 Å². The van der Waals surface area contributed by atoms with Crippen LogP contribution in [0.2, 0.25) is 0 Å². The Morgan fingerprint density at radius 1 is 1.11 bits per heavy atom. The van der Waals surface area contributed by atoms with Crippen LogP contribution in [0.1, 0.15) is 39.3 Å². The Morgan fingerprint density at radius 3 is 2.17 bits per heavy atom. The van der Waals surface area contributed by atoms with Gasteiger partial charge in [0.2, 0.25) is 5.91 Å². The van der Waals surface area contributed by atoms with Gasteiger partial charge in [-0.1, -0.05) is 28.1 Å². The molecule has 0 bridgehead atoms. The van der Waals surface area contributed by atoms with Crippen molar-refractivity contribution in [3.8, 4) is 0 Å². The highest BCUT2D eigenvalue weighted by Gasteiger charge is 2.16. The van der Waals surface area contributed by atoms with Crippen LogP contribution < -0.4 is 10.6 Å². The Kier molecular flexibility index (Phi) is 5.82. The molecule has 0 saturated heterocycles. The standard InChI is InChI=1S/C14H21BrN2O/c1-9(2)16-14(18)11(4)17-10(3)12-5-7-13(15)8-6-12/h5-11,17H,1-4H3,(H,16,18)/t10-,11?/m0/s1. The van der Waals surface area contributed by atoms with E-state index in [-0.39, 0.29) is 24.0 Å². The lowest BCUT2D eigenvalue weighted by Gasteiger charge is -2.21. The van der Waals surface area contributed by atoms with Gasteiger partial charge in [-0.15, -0.1) is 0 Å². The highest BCUT2D eigenvalue weighted by Crippen LogP contribution is 2.16. The summed E-state index contributed by atoms with van der Waals surface area (Å²) >= 11 is 3.41. The van der Waals surface area contributed by atoms with Gasteiger partial charge in [0, 0.05) is 16.6 Å². The van der Waals surface area contributed by atoms with Gasteiger partial charge in [-0.3, -0.25) is 10.1 Å². The fourth-order valence-corrected chi connectivity index (χ4v) is 1.97. The van der Waals surface area contributed by atoms with Crippen LogP contribution in [0.15, 0.2) is 28.7 Å². The van der Waals surface area contributed by atoms with Crippen molar-refractivity contribution in [2.75, 3.05) is 0 Å². The van der Waals surface area contributed by atoms with Crippen molar-refractivity contribution < 1.29 is 4.79 Å². The SMILES string of the molecule is CC(C)NC(=O)C(C)N[C@@H](C)c1ccc(Br)cc1. The van der Waals surface area contributed by atoms with E-state index >= 15 is 0 Å². The highest BCUT2D eigenvalue weighted by molar-refractivity contribution is 9.10. The van der Waals surface area contributed by atoms with E-state index in [1.807, 2.05) is 32.9 Å². The molecule has 4 heteroatoms. The molecule has 100 valence electrons. The van der Waals surface area contributed by atoms with Crippen molar-refractivity contribution in [3.05, 3.63) is 34.3 Å². The third-order valence-corrected chi connectivity index (χ3v) is 3.22. The summed E-state index contributed by atoms with van der Waals surface area (Å²) in [6.07, 6.45) is 0. The van der Waals surface area contributed by atoms with E-state index in [1.165, 1.54) is 5.56 Å². The molecule has 0 heterocycles. The summed E-state index contributed by atoms with van der Waals surface area (Å²) in [5, 5.41) is 6.19. The van der Waals surface area contributed by atoms with Crippen LogP contribution in [-0.4, -0.2) is 18.0 Å². The first kappa shape index (κ1) is 15.2. The van der Waals surface area contributed by atoms with Crippen molar-refractivity contribution in [1.29, 1.82) is 0 Å². The monoisotopic (exact) mass is 312 g/mol. The first-order valence-electron chi connectivity index (χ1n) is 6.22. The molecule has 3 nitrogen and oxygen atoms in total. The van der Waals surface area contributed by atoms with Gasteiger partial charge in [0.15, 0.2) is 0 Å². The van der Waals surface area contributed by atoms with E-state index in [1.54, 1.807) is 0 Å². The third-order valence-electron chi connectivity index (χ3n) is 2.69. The summed E-state index contributed by atoms with van der Waals surface area (Å²) in [5.74, 6) is 0.0361. The summed E-state index contributed by atoms with van der Waals surface area (Å²) in [5.41, 5.74) is 1.17. The number of hydrogen-bond donors (Lipinski definition) is 2. The molecule has 0 spiro atoms. The molecule has 18 heavy (non-hydrogen) atoms. The largest absolute Gasteiger partial charge is 0.353 e. The van der Waals surface area contributed by atoms with Crippen molar-refractivity contribution >= 4 is 21.8 Å². The lowest BCUT2D eigenvalue weighted by atomic mass is 10.1. The number of nitrogens with one attached hydrogen (secondary N) is 2. The van der Waals surface area contributed by atoms with E-state index < -0.39 is 0 Å². The highest BCUT2D eigenvalue weighted by atomic mass is 79.9. The molecule has 2 atom stereocenters. The van der Waals surface area contributed by atoms with Gasteiger partial charge < -0.3 is 5.32 Å². The second-order valence-electron chi connectivity index (χ2n) is 4.82. The van der Waals surface area contributed by atoms with E-state index in [0.29, 0.717) is 0 Å². The zero-order valence-corrected chi connectivity index (χ0v) is 12.9. The Morgan fingerprint density at radius 2 is 1.67 bits per heavy atom. The van der Waals surface area contributed by atoms with Crippen molar-refractivity contribution in [2.45, 2.75) is 45.8 Å². The lowest BCUT2D eigenvalue weighted by molar-refractivity contribution is -0.123. The van der Waals surface area contributed by atoms with Crippen LogP contribution in [0, 0.1) is 0 Å². The molecule has 1 aromatic carbocycles. The predicted octanol–water partition coefficient (Wildman–Crippen LogP) is 3.01. The number of carbonyl (C=O) groups excluding carboxylic acids is 1. The molecule has 0 aliphatic carbocycles. The Labute approximate surface area is 117 Å². The molecule has 1 aromatic rings. The smallest absolute Gasteiger partial charge is 0.237 e. The number of hydrogen-bond acceptors (Lipinski definition) is 2. The van der Waals surface area contributed by atoms with Gasteiger partial charge >= 0.3 is 0 Å². The molecule has 0 radical (unpaired) electrons. The maximum Gasteiger partial charge on any atom is 0.237 e. The molecule has 0 saturated carbocycles. The second-order valence-corrected chi connectivity index (χ2v) is 5.74. The van der Waals surface area contributed by atoms with Crippen LogP contribution >= 0.6 is 15.9 Å². The minimum absolute atomic E-state index is 0.0361. The molecule has 1 amide bonds. The summed E-state index contributed by atoms with van der Waals surface area (Å²) in [6.45, 7) is 7.86. The maximum absolute atomic E-state index is 11.8.